The van der Waals surface area contributed by atoms with E-state index in [4.69, 9.17) is 5.73 Å². The Labute approximate surface area is 118 Å². The highest BCUT2D eigenvalue weighted by atomic mass is 32.1. The first kappa shape index (κ1) is 12.9. The molecule has 2 aromatic rings. The lowest BCUT2D eigenvalue weighted by atomic mass is 10.1. The number of nitrogens with two attached hydrogens (primary N) is 1. The Morgan fingerprint density at radius 1 is 1.00 bits per heavy atom. The molecule has 0 atom stereocenters. The third kappa shape index (κ3) is 3.06. The van der Waals surface area contributed by atoms with Crippen molar-refractivity contribution in [3.05, 3.63) is 46.8 Å². The topological polar surface area (TPSA) is 29.3 Å². The normalized spacial score (nSPS) is 16.1. The second-order valence-electron chi connectivity index (χ2n) is 5.15. The van der Waals surface area contributed by atoms with Gasteiger partial charge in [0.2, 0.25) is 0 Å². The number of rotatable bonds is 4. The van der Waals surface area contributed by atoms with Crippen LogP contribution in [-0.4, -0.2) is 18.0 Å². The first-order chi connectivity index (χ1) is 9.35. The van der Waals surface area contributed by atoms with Gasteiger partial charge in [0.05, 0.1) is 0 Å². The van der Waals surface area contributed by atoms with E-state index in [9.17, 15) is 0 Å². The number of likely N-dealkylation sites (tertiary alicyclic amines) is 1. The minimum atomic E-state index is 0.616. The summed E-state index contributed by atoms with van der Waals surface area (Å²) in [5.74, 6) is 0. The first-order valence-corrected chi connectivity index (χ1v) is 7.77. The number of hydrogen-bond acceptors (Lipinski definition) is 3. The van der Waals surface area contributed by atoms with Crippen LogP contribution in [0, 0.1) is 0 Å². The van der Waals surface area contributed by atoms with E-state index in [0.717, 1.165) is 6.54 Å². The molecule has 0 radical (unpaired) electrons. The molecule has 19 heavy (non-hydrogen) atoms. The van der Waals surface area contributed by atoms with Crippen molar-refractivity contribution < 1.29 is 0 Å². The van der Waals surface area contributed by atoms with E-state index < -0.39 is 0 Å². The fraction of sp³-hybridized carbons (Fsp3) is 0.375. The number of hydrogen-bond donors (Lipinski definition) is 1. The first-order valence-electron chi connectivity index (χ1n) is 6.95. The van der Waals surface area contributed by atoms with Gasteiger partial charge in [-0.05, 0) is 49.2 Å². The van der Waals surface area contributed by atoms with Crippen molar-refractivity contribution in [2.75, 3.05) is 13.1 Å². The van der Waals surface area contributed by atoms with Crippen LogP contribution in [-0.2, 0) is 13.1 Å². The van der Waals surface area contributed by atoms with Gasteiger partial charge in [-0.1, -0.05) is 24.3 Å². The molecule has 0 bridgehead atoms. The Kier molecular flexibility index (Phi) is 3.97. The van der Waals surface area contributed by atoms with Crippen molar-refractivity contribution >= 4 is 11.3 Å². The summed E-state index contributed by atoms with van der Waals surface area (Å²) in [6.07, 6.45) is 2.72. The highest BCUT2D eigenvalue weighted by Gasteiger charge is 2.13. The van der Waals surface area contributed by atoms with Crippen LogP contribution in [0.3, 0.4) is 0 Å². The van der Waals surface area contributed by atoms with Crippen LogP contribution in [0.15, 0.2) is 36.4 Å². The van der Waals surface area contributed by atoms with Gasteiger partial charge in [0.15, 0.2) is 0 Å². The molecule has 1 aromatic carbocycles. The lowest BCUT2D eigenvalue weighted by Gasteiger charge is -2.12. The third-order valence-corrected chi connectivity index (χ3v) is 4.83. The largest absolute Gasteiger partial charge is 0.326 e. The molecule has 0 amide bonds. The van der Waals surface area contributed by atoms with E-state index in [0.29, 0.717) is 6.54 Å². The number of benzene rings is 1. The molecule has 2 nitrogen and oxygen atoms in total. The van der Waals surface area contributed by atoms with Crippen LogP contribution < -0.4 is 5.73 Å². The summed E-state index contributed by atoms with van der Waals surface area (Å²) in [7, 11) is 0. The predicted octanol–water partition coefficient (Wildman–Crippen LogP) is 3.47. The molecule has 1 aliphatic rings. The van der Waals surface area contributed by atoms with Crippen LogP contribution in [0.5, 0.6) is 0 Å². The molecule has 1 aromatic heterocycles. The van der Waals surface area contributed by atoms with Crippen LogP contribution in [0.25, 0.3) is 10.4 Å². The second-order valence-corrected chi connectivity index (χ2v) is 6.32. The summed E-state index contributed by atoms with van der Waals surface area (Å²) >= 11 is 1.91. The minimum absolute atomic E-state index is 0.616. The highest BCUT2D eigenvalue weighted by molar-refractivity contribution is 7.15. The monoisotopic (exact) mass is 272 g/mol. The molecule has 0 unspecified atom stereocenters. The fourth-order valence-electron chi connectivity index (χ4n) is 2.58. The van der Waals surface area contributed by atoms with Gasteiger partial charge >= 0.3 is 0 Å². The molecule has 0 saturated carbocycles. The molecule has 3 heteroatoms. The van der Waals surface area contributed by atoms with E-state index >= 15 is 0 Å². The Morgan fingerprint density at radius 3 is 2.42 bits per heavy atom. The fourth-order valence-corrected chi connectivity index (χ4v) is 3.64. The average Bonchev–Trinajstić information content (AvgIpc) is 3.11. The van der Waals surface area contributed by atoms with Gasteiger partial charge in [0.1, 0.15) is 0 Å². The molecule has 2 heterocycles. The summed E-state index contributed by atoms with van der Waals surface area (Å²) in [4.78, 5) is 5.38. The molecule has 0 aliphatic carbocycles. The zero-order valence-corrected chi connectivity index (χ0v) is 12.0. The van der Waals surface area contributed by atoms with E-state index in [1.165, 1.54) is 46.8 Å². The average molecular weight is 272 g/mol. The number of nitrogens with zero attached hydrogens (tertiary/aromatic N) is 1. The van der Waals surface area contributed by atoms with Crippen molar-refractivity contribution in [1.29, 1.82) is 0 Å². The number of thiophene rings is 1. The predicted molar refractivity (Wildman–Crippen MR) is 82.2 cm³/mol. The quantitative estimate of drug-likeness (QED) is 0.923. The van der Waals surface area contributed by atoms with Crippen molar-refractivity contribution in [2.24, 2.45) is 5.73 Å². The summed E-state index contributed by atoms with van der Waals surface area (Å²) < 4.78 is 0. The molecule has 3 rings (SSSR count). The Hall–Kier alpha value is -1.16. The second kappa shape index (κ2) is 5.87. The lowest BCUT2D eigenvalue weighted by Crippen LogP contribution is -2.17. The molecule has 2 N–H and O–H groups in total. The van der Waals surface area contributed by atoms with E-state index in [1.807, 2.05) is 11.3 Å². The Morgan fingerprint density at radius 2 is 1.74 bits per heavy atom. The molecular formula is C16H20N2S. The molecule has 1 saturated heterocycles. The van der Waals surface area contributed by atoms with Gasteiger partial charge in [-0.3, -0.25) is 4.90 Å². The van der Waals surface area contributed by atoms with Crippen molar-refractivity contribution in [3.63, 3.8) is 0 Å². The molecular weight excluding hydrogens is 252 g/mol. The Bertz CT molecular complexity index is 524. The van der Waals surface area contributed by atoms with E-state index in [1.54, 1.807) is 0 Å². The summed E-state index contributed by atoms with van der Waals surface area (Å²) in [6.45, 7) is 4.26. The van der Waals surface area contributed by atoms with Gasteiger partial charge in [-0.15, -0.1) is 11.3 Å². The highest BCUT2D eigenvalue weighted by Crippen LogP contribution is 2.29. The smallest absolute Gasteiger partial charge is 0.0346 e. The summed E-state index contributed by atoms with van der Waals surface area (Å²) in [6, 6.07) is 13.1. The van der Waals surface area contributed by atoms with Crippen LogP contribution >= 0.6 is 11.3 Å². The maximum atomic E-state index is 5.63. The zero-order valence-electron chi connectivity index (χ0n) is 11.1. The van der Waals surface area contributed by atoms with Crippen LogP contribution in [0.2, 0.25) is 0 Å². The molecule has 0 spiro atoms. The maximum absolute atomic E-state index is 5.63. The van der Waals surface area contributed by atoms with Crippen molar-refractivity contribution in [1.82, 2.24) is 4.90 Å². The van der Waals surface area contributed by atoms with E-state index in [-0.39, 0.29) is 0 Å². The van der Waals surface area contributed by atoms with Gasteiger partial charge in [0.25, 0.3) is 0 Å². The van der Waals surface area contributed by atoms with Gasteiger partial charge in [-0.2, -0.15) is 0 Å². The maximum Gasteiger partial charge on any atom is 0.0346 e. The van der Waals surface area contributed by atoms with Crippen molar-refractivity contribution in [3.8, 4) is 10.4 Å². The van der Waals surface area contributed by atoms with Gasteiger partial charge in [0, 0.05) is 22.8 Å². The van der Waals surface area contributed by atoms with Gasteiger partial charge < -0.3 is 5.73 Å². The van der Waals surface area contributed by atoms with Crippen molar-refractivity contribution in [2.45, 2.75) is 25.9 Å². The lowest BCUT2D eigenvalue weighted by molar-refractivity contribution is 0.334. The summed E-state index contributed by atoms with van der Waals surface area (Å²) in [5.41, 5.74) is 8.12. The van der Waals surface area contributed by atoms with Crippen LogP contribution in [0.1, 0.15) is 23.3 Å². The van der Waals surface area contributed by atoms with Crippen LogP contribution in [0.4, 0.5) is 0 Å². The minimum Gasteiger partial charge on any atom is -0.326 e. The third-order valence-electron chi connectivity index (χ3n) is 3.71. The molecule has 100 valence electrons. The molecule has 1 aliphatic heterocycles. The Balaban J connectivity index is 1.72. The van der Waals surface area contributed by atoms with E-state index in [2.05, 4.69) is 41.3 Å². The van der Waals surface area contributed by atoms with Gasteiger partial charge in [-0.25, -0.2) is 0 Å². The standard InChI is InChI=1S/C16H20N2S/c17-11-13-3-5-14(6-4-13)16-8-7-15(19-16)12-18-9-1-2-10-18/h3-8H,1-2,9-12,17H2. The molecule has 1 fully saturated rings. The zero-order chi connectivity index (χ0) is 13.1. The summed E-state index contributed by atoms with van der Waals surface area (Å²) in [5, 5.41) is 0. The SMILES string of the molecule is NCc1ccc(-c2ccc(CN3CCCC3)s2)cc1.